The Bertz CT molecular complexity index is 435. The molecule has 2 aliphatic rings. The zero-order valence-corrected chi connectivity index (χ0v) is 10.7. The van der Waals surface area contributed by atoms with Crippen molar-refractivity contribution in [1.29, 1.82) is 0 Å². The van der Waals surface area contributed by atoms with Gasteiger partial charge < -0.3 is 20.2 Å². The van der Waals surface area contributed by atoms with Crippen LogP contribution in [0.15, 0.2) is 12.2 Å². The molecule has 104 valence electrons. The first-order valence-corrected chi connectivity index (χ1v) is 6.18. The van der Waals surface area contributed by atoms with Crippen molar-refractivity contribution in [3.63, 3.8) is 0 Å². The fourth-order valence-electron chi connectivity index (χ4n) is 2.17. The number of hydrogen-bond acceptors (Lipinski definition) is 3. The number of amides is 3. The molecular weight excluding hydrogens is 250 g/mol. The molecule has 2 rings (SSSR count). The second-order valence-electron chi connectivity index (χ2n) is 4.86. The van der Waals surface area contributed by atoms with Gasteiger partial charge in [-0.25, -0.2) is 4.79 Å². The molecule has 7 nitrogen and oxygen atoms in total. The van der Waals surface area contributed by atoms with Gasteiger partial charge in [0.1, 0.15) is 6.54 Å². The summed E-state index contributed by atoms with van der Waals surface area (Å²) in [4.78, 5) is 37.3. The molecule has 0 aromatic rings. The van der Waals surface area contributed by atoms with Gasteiger partial charge in [0.15, 0.2) is 0 Å². The number of likely N-dealkylation sites (N-methyl/N-ethyl adjacent to an activating group) is 1. The first kappa shape index (κ1) is 13.4. The van der Waals surface area contributed by atoms with Crippen LogP contribution in [-0.4, -0.2) is 65.5 Å². The number of aliphatic carboxylic acids is 1. The van der Waals surface area contributed by atoms with Crippen molar-refractivity contribution in [2.24, 2.45) is 5.92 Å². The molecule has 0 aromatic carbocycles. The number of carboxylic acid groups (broad SMARTS) is 1. The molecule has 19 heavy (non-hydrogen) atoms. The van der Waals surface area contributed by atoms with E-state index in [1.807, 2.05) is 0 Å². The quantitative estimate of drug-likeness (QED) is 0.660. The lowest BCUT2D eigenvalue weighted by atomic mass is 10.1. The lowest BCUT2D eigenvalue weighted by molar-refractivity contribution is -0.140. The van der Waals surface area contributed by atoms with Crippen molar-refractivity contribution in [2.75, 3.05) is 26.7 Å². The summed E-state index contributed by atoms with van der Waals surface area (Å²) in [5.74, 6) is -1.52. The van der Waals surface area contributed by atoms with Crippen LogP contribution in [0.3, 0.4) is 0 Å². The zero-order valence-electron chi connectivity index (χ0n) is 10.7. The Kier molecular flexibility index (Phi) is 3.73. The minimum absolute atomic E-state index is 0.0706. The molecule has 0 saturated carbocycles. The van der Waals surface area contributed by atoms with E-state index in [1.165, 1.54) is 4.90 Å². The normalized spacial score (nSPS) is 26.7. The molecule has 1 heterocycles. The van der Waals surface area contributed by atoms with E-state index < -0.39 is 11.9 Å². The Balaban J connectivity index is 1.84. The van der Waals surface area contributed by atoms with Gasteiger partial charge in [0.2, 0.25) is 5.91 Å². The summed E-state index contributed by atoms with van der Waals surface area (Å²) >= 11 is 0. The van der Waals surface area contributed by atoms with E-state index in [0.717, 1.165) is 0 Å². The molecule has 2 N–H and O–H groups in total. The average Bonchev–Trinajstić information content (AvgIpc) is 2.81. The number of carbonyl (C=O) groups excluding carboxylic acids is 2. The van der Waals surface area contributed by atoms with Gasteiger partial charge in [-0.2, -0.15) is 0 Å². The van der Waals surface area contributed by atoms with Crippen molar-refractivity contribution in [3.05, 3.63) is 12.2 Å². The molecule has 2 unspecified atom stereocenters. The summed E-state index contributed by atoms with van der Waals surface area (Å²) < 4.78 is 0. The molecule has 2 atom stereocenters. The Hall–Kier alpha value is -2.05. The summed E-state index contributed by atoms with van der Waals surface area (Å²) in [6.07, 6.45) is 3.64. The van der Waals surface area contributed by atoms with Crippen molar-refractivity contribution in [1.82, 2.24) is 15.1 Å². The number of piperazine rings is 1. The summed E-state index contributed by atoms with van der Waals surface area (Å²) in [6.45, 7) is 1.08. The lowest BCUT2D eigenvalue weighted by Crippen LogP contribution is -2.54. The van der Waals surface area contributed by atoms with Crippen LogP contribution in [0.2, 0.25) is 0 Å². The second kappa shape index (κ2) is 5.29. The number of rotatable bonds is 2. The highest BCUT2D eigenvalue weighted by atomic mass is 16.4. The van der Waals surface area contributed by atoms with E-state index in [1.54, 1.807) is 24.1 Å². The lowest BCUT2D eigenvalue weighted by Gasteiger charge is -2.32. The van der Waals surface area contributed by atoms with Crippen LogP contribution in [0.25, 0.3) is 0 Å². The van der Waals surface area contributed by atoms with Gasteiger partial charge in [0.05, 0.1) is 12.0 Å². The summed E-state index contributed by atoms with van der Waals surface area (Å²) in [5, 5.41) is 11.6. The van der Waals surface area contributed by atoms with Crippen molar-refractivity contribution >= 4 is 17.9 Å². The first-order chi connectivity index (χ1) is 8.97. The highest BCUT2D eigenvalue weighted by molar-refractivity contribution is 5.85. The number of nitrogens with one attached hydrogen (secondary N) is 1. The van der Waals surface area contributed by atoms with E-state index in [9.17, 15) is 14.4 Å². The van der Waals surface area contributed by atoms with Crippen LogP contribution in [0, 0.1) is 5.92 Å². The standard InChI is InChI=1S/C12H17N3O4/c1-14-4-5-15(7-10(14)16)12(19)13-9-3-2-8(6-9)11(17)18/h2-3,8-9H,4-7H2,1H3,(H,13,19)(H,17,18). The Labute approximate surface area is 110 Å². The van der Waals surface area contributed by atoms with E-state index in [4.69, 9.17) is 5.11 Å². The van der Waals surface area contributed by atoms with E-state index >= 15 is 0 Å². The third kappa shape index (κ3) is 3.04. The third-order valence-corrected chi connectivity index (χ3v) is 3.45. The molecular formula is C12H17N3O4. The van der Waals surface area contributed by atoms with Gasteiger partial charge >= 0.3 is 12.0 Å². The highest BCUT2D eigenvalue weighted by Gasteiger charge is 2.29. The largest absolute Gasteiger partial charge is 0.481 e. The summed E-state index contributed by atoms with van der Waals surface area (Å²) in [5.41, 5.74) is 0. The van der Waals surface area contributed by atoms with Crippen LogP contribution in [0.5, 0.6) is 0 Å². The molecule has 7 heteroatoms. The molecule has 1 saturated heterocycles. The molecule has 1 aliphatic heterocycles. The van der Waals surface area contributed by atoms with Gasteiger partial charge in [0, 0.05) is 20.1 Å². The molecule has 1 aliphatic carbocycles. The number of carbonyl (C=O) groups is 3. The molecule has 0 spiro atoms. The van der Waals surface area contributed by atoms with E-state index in [2.05, 4.69) is 5.32 Å². The monoisotopic (exact) mass is 267 g/mol. The number of carboxylic acids is 1. The Morgan fingerprint density at radius 3 is 2.68 bits per heavy atom. The predicted octanol–water partition coefficient (Wildman–Crippen LogP) is -0.501. The van der Waals surface area contributed by atoms with Gasteiger partial charge in [0.25, 0.3) is 0 Å². The van der Waals surface area contributed by atoms with E-state index in [-0.39, 0.29) is 24.5 Å². The van der Waals surface area contributed by atoms with Crippen LogP contribution < -0.4 is 5.32 Å². The van der Waals surface area contributed by atoms with Crippen LogP contribution in [0.1, 0.15) is 6.42 Å². The van der Waals surface area contributed by atoms with Gasteiger partial charge in [-0.15, -0.1) is 0 Å². The molecule has 1 fully saturated rings. The Morgan fingerprint density at radius 1 is 1.37 bits per heavy atom. The third-order valence-electron chi connectivity index (χ3n) is 3.45. The number of hydrogen-bond donors (Lipinski definition) is 2. The maximum atomic E-state index is 11.9. The van der Waals surface area contributed by atoms with Crippen LogP contribution in [0.4, 0.5) is 4.79 Å². The Morgan fingerprint density at radius 2 is 2.11 bits per heavy atom. The van der Waals surface area contributed by atoms with Gasteiger partial charge in [-0.1, -0.05) is 12.2 Å². The molecule has 0 aromatic heterocycles. The van der Waals surface area contributed by atoms with Crippen LogP contribution in [-0.2, 0) is 9.59 Å². The smallest absolute Gasteiger partial charge is 0.318 e. The summed E-state index contributed by atoms with van der Waals surface area (Å²) in [6, 6.07) is -0.592. The maximum Gasteiger partial charge on any atom is 0.318 e. The highest BCUT2D eigenvalue weighted by Crippen LogP contribution is 2.18. The topological polar surface area (TPSA) is 89.9 Å². The molecule has 0 radical (unpaired) electrons. The van der Waals surface area contributed by atoms with Crippen LogP contribution >= 0.6 is 0 Å². The average molecular weight is 267 g/mol. The summed E-state index contributed by atoms with van der Waals surface area (Å²) in [7, 11) is 1.70. The van der Waals surface area contributed by atoms with Gasteiger partial charge in [-0.3, -0.25) is 9.59 Å². The SMILES string of the molecule is CN1CCN(C(=O)NC2C=CC(C(=O)O)C2)CC1=O. The van der Waals surface area contributed by atoms with Crippen molar-refractivity contribution < 1.29 is 19.5 Å². The minimum Gasteiger partial charge on any atom is -0.481 e. The minimum atomic E-state index is -0.886. The number of urea groups is 1. The second-order valence-corrected chi connectivity index (χ2v) is 4.86. The van der Waals surface area contributed by atoms with Crippen molar-refractivity contribution in [2.45, 2.75) is 12.5 Å². The van der Waals surface area contributed by atoms with Crippen molar-refractivity contribution in [3.8, 4) is 0 Å². The molecule has 3 amide bonds. The number of nitrogens with zero attached hydrogens (tertiary/aromatic N) is 2. The fraction of sp³-hybridized carbons (Fsp3) is 0.583. The zero-order chi connectivity index (χ0) is 14.0. The fourth-order valence-corrected chi connectivity index (χ4v) is 2.17. The van der Waals surface area contributed by atoms with Gasteiger partial charge in [-0.05, 0) is 6.42 Å². The maximum absolute atomic E-state index is 11.9. The van der Waals surface area contributed by atoms with E-state index in [0.29, 0.717) is 19.5 Å². The first-order valence-electron chi connectivity index (χ1n) is 6.18. The predicted molar refractivity (Wildman–Crippen MR) is 66.4 cm³/mol. The molecule has 0 bridgehead atoms.